The lowest BCUT2D eigenvalue weighted by Crippen LogP contribution is -2.18. The Labute approximate surface area is 101 Å². The van der Waals surface area contributed by atoms with Gasteiger partial charge < -0.3 is 0 Å². The molecule has 0 N–H and O–H groups in total. The first-order chi connectivity index (χ1) is 7.16. The van der Waals surface area contributed by atoms with Gasteiger partial charge >= 0.3 is 0 Å². The molecule has 1 rings (SSSR count). The van der Waals surface area contributed by atoms with Crippen molar-refractivity contribution in [1.82, 2.24) is 0 Å². The maximum Gasteiger partial charge on any atom is -0.0106 e. The van der Waals surface area contributed by atoms with Gasteiger partial charge in [-0.15, -0.1) is 0 Å². The number of hydrogen-bond acceptors (Lipinski definition) is 0. The maximum atomic E-state index is 2.39. The van der Waals surface area contributed by atoms with Crippen LogP contribution in [-0.2, 0) is 10.8 Å². The molecule has 0 heterocycles. The predicted molar refractivity (Wildman–Crippen MR) is 73.2 cm³/mol. The van der Waals surface area contributed by atoms with Crippen LogP contribution in [0.4, 0.5) is 0 Å². The first-order valence-corrected chi connectivity index (χ1v) is 6.29. The first-order valence-electron chi connectivity index (χ1n) is 6.29. The molecular weight excluding hydrogens is 192 g/mol. The van der Waals surface area contributed by atoms with Gasteiger partial charge in [0.05, 0.1) is 0 Å². The van der Waals surface area contributed by atoms with Gasteiger partial charge in [-0.25, -0.2) is 0 Å². The molecule has 0 nitrogen and oxygen atoms in total. The molecule has 0 saturated heterocycles. The Morgan fingerprint density at radius 3 is 1.81 bits per heavy atom. The van der Waals surface area contributed by atoms with Gasteiger partial charge in [0, 0.05) is 0 Å². The van der Waals surface area contributed by atoms with Crippen molar-refractivity contribution < 1.29 is 0 Å². The van der Waals surface area contributed by atoms with E-state index in [2.05, 4.69) is 66.7 Å². The van der Waals surface area contributed by atoms with Gasteiger partial charge in [0.25, 0.3) is 0 Å². The highest BCUT2D eigenvalue weighted by molar-refractivity contribution is 5.36. The Morgan fingerprint density at radius 1 is 0.875 bits per heavy atom. The van der Waals surface area contributed by atoms with Gasteiger partial charge in [0.2, 0.25) is 0 Å². The van der Waals surface area contributed by atoms with Crippen LogP contribution in [0.1, 0.15) is 64.7 Å². The van der Waals surface area contributed by atoms with Crippen LogP contribution in [0.25, 0.3) is 0 Å². The summed E-state index contributed by atoms with van der Waals surface area (Å²) in [5, 5.41) is 0. The molecule has 0 fully saturated rings. The van der Waals surface area contributed by atoms with E-state index in [1.165, 1.54) is 23.1 Å². The normalized spacial score (nSPS) is 12.9. The second-order valence-corrected chi connectivity index (χ2v) is 6.58. The number of rotatable bonds is 2. The van der Waals surface area contributed by atoms with Crippen molar-refractivity contribution in [2.24, 2.45) is 0 Å². The van der Waals surface area contributed by atoms with Crippen LogP contribution in [-0.4, -0.2) is 0 Å². The highest BCUT2D eigenvalue weighted by Crippen LogP contribution is 2.32. The molecule has 1 aromatic carbocycles. The zero-order chi connectivity index (χ0) is 12.6. The third kappa shape index (κ3) is 2.87. The van der Waals surface area contributed by atoms with Gasteiger partial charge in [0.1, 0.15) is 0 Å². The highest BCUT2D eigenvalue weighted by Gasteiger charge is 2.21. The van der Waals surface area contributed by atoms with Crippen LogP contribution in [0.3, 0.4) is 0 Å². The average molecular weight is 218 g/mol. The molecule has 0 atom stereocenters. The molecule has 0 saturated carbocycles. The third-order valence-corrected chi connectivity index (χ3v) is 3.61. The van der Waals surface area contributed by atoms with Crippen LogP contribution < -0.4 is 0 Å². The van der Waals surface area contributed by atoms with Crippen molar-refractivity contribution in [3.63, 3.8) is 0 Å². The molecule has 1 aromatic rings. The lowest BCUT2D eigenvalue weighted by atomic mass is 9.77. The summed E-state index contributed by atoms with van der Waals surface area (Å²) in [5.74, 6) is 0. The maximum absolute atomic E-state index is 2.39. The van der Waals surface area contributed by atoms with Crippen molar-refractivity contribution in [1.29, 1.82) is 0 Å². The molecule has 0 unspecified atom stereocenters. The van der Waals surface area contributed by atoms with Gasteiger partial charge in [-0.05, 0) is 35.3 Å². The summed E-state index contributed by atoms with van der Waals surface area (Å²) in [6.07, 6.45) is 1.18. The summed E-state index contributed by atoms with van der Waals surface area (Å²) in [7, 11) is 0. The van der Waals surface area contributed by atoms with E-state index in [9.17, 15) is 0 Å². The molecular formula is C16H26. The van der Waals surface area contributed by atoms with Crippen molar-refractivity contribution >= 4 is 0 Å². The molecule has 0 aromatic heterocycles. The van der Waals surface area contributed by atoms with E-state index in [-0.39, 0.29) is 10.8 Å². The lowest BCUT2D eigenvalue weighted by Gasteiger charge is -2.27. The Morgan fingerprint density at radius 2 is 1.38 bits per heavy atom. The summed E-state index contributed by atoms with van der Waals surface area (Å²) in [6, 6.07) is 7.03. The van der Waals surface area contributed by atoms with E-state index in [1.807, 2.05) is 0 Å². The molecule has 0 heteroatoms. The summed E-state index contributed by atoms with van der Waals surface area (Å²) in [4.78, 5) is 0. The molecule has 90 valence electrons. The molecule has 0 bridgehead atoms. The molecule has 0 aliphatic heterocycles. The molecule has 0 amide bonds. The number of hydrogen-bond donors (Lipinski definition) is 0. The highest BCUT2D eigenvalue weighted by atomic mass is 14.3. The van der Waals surface area contributed by atoms with Crippen molar-refractivity contribution in [2.45, 2.75) is 65.7 Å². The SMILES string of the molecule is CCC(C)(C)c1cc(C)cc(C(C)(C)C)c1. The van der Waals surface area contributed by atoms with Crippen molar-refractivity contribution in [3.8, 4) is 0 Å². The second-order valence-electron chi connectivity index (χ2n) is 6.58. The van der Waals surface area contributed by atoms with Crippen LogP contribution in [0.2, 0.25) is 0 Å². The van der Waals surface area contributed by atoms with E-state index < -0.39 is 0 Å². The van der Waals surface area contributed by atoms with E-state index in [0.717, 1.165) is 0 Å². The summed E-state index contributed by atoms with van der Waals surface area (Å²) in [5.41, 5.74) is 4.82. The minimum Gasteiger partial charge on any atom is -0.0646 e. The zero-order valence-electron chi connectivity index (χ0n) is 11.9. The quantitative estimate of drug-likeness (QED) is 0.656. The Balaban J connectivity index is 3.29. The van der Waals surface area contributed by atoms with E-state index in [0.29, 0.717) is 0 Å². The van der Waals surface area contributed by atoms with Gasteiger partial charge in [0.15, 0.2) is 0 Å². The van der Waals surface area contributed by atoms with Crippen LogP contribution in [0.15, 0.2) is 18.2 Å². The summed E-state index contributed by atoms with van der Waals surface area (Å²) < 4.78 is 0. The molecule has 0 aliphatic carbocycles. The first kappa shape index (κ1) is 13.3. The zero-order valence-corrected chi connectivity index (χ0v) is 11.9. The Bertz CT molecular complexity index is 364. The monoisotopic (exact) mass is 218 g/mol. The van der Waals surface area contributed by atoms with Crippen molar-refractivity contribution in [3.05, 3.63) is 34.9 Å². The average Bonchev–Trinajstić information content (AvgIpc) is 2.15. The van der Waals surface area contributed by atoms with Gasteiger partial charge in [-0.3, -0.25) is 0 Å². The molecule has 0 spiro atoms. The third-order valence-electron chi connectivity index (χ3n) is 3.61. The molecule has 16 heavy (non-hydrogen) atoms. The second kappa shape index (κ2) is 4.24. The smallest absolute Gasteiger partial charge is 0.0106 e. The summed E-state index contributed by atoms with van der Waals surface area (Å²) >= 11 is 0. The van der Waals surface area contributed by atoms with E-state index in [4.69, 9.17) is 0 Å². The largest absolute Gasteiger partial charge is 0.0646 e. The van der Waals surface area contributed by atoms with Crippen molar-refractivity contribution in [2.75, 3.05) is 0 Å². The van der Waals surface area contributed by atoms with Crippen LogP contribution in [0.5, 0.6) is 0 Å². The lowest BCUT2D eigenvalue weighted by molar-refractivity contribution is 0.502. The van der Waals surface area contributed by atoms with Gasteiger partial charge in [-0.1, -0.05) is 65.3 Å². The fourth-order valence-corrected chi connectivity index (χ4v) is 1.81. The van der Waals surface area contributed by atoms with E-state index >= 15 is 0 Å². The predicted octanol–water partition coefficient (Wildman–Crippen LogP) is 4.98. The standard InChI is InChI=1S/C16H26/c1-8-16(6,7)14-10-12(2)9-13(11-14)15(3,4)5/h9-11H,8H2,1-7H3. The Hall–Kier alpha value is -0.780. The van der Waals surface area contributed by atoms with Crippen LogP contribution in [0, 0.1) is 6.92 Å². The summed E-state index contributed by atoms with van der Waals surface area (Å²) in [6.45, 7) is 16.0. The molecule has 0 aliphatic rings. The van der Waals surface area contributed by atoms with Gasteiger partial charge in [-0.2, -0.15) is 0 Å². The minimum atomic E-state index is 0.241. The number of aryl methyl sites for hydroxylation is 1. The fourth-order valence-electron chi connectivity index (χ4n) is 1.81. The number of benzene rings is 1. The fraction of sp³-hybridized carbons (Fsp3) is 0.625. The molecule has 0 radical (unpaired) electrons. The topological polar surface area (TPSA) is 0 Å². The van der Waals surface area contributed by atoms with Crippen LogP contribution >= 0.6 is 0 Å². The Kier molecular flexibility index (Phi) is 3.52. The minimum absolute atomic E-state index is 0.241. The van der Waals surface area contributed by atoms with E-state index in [1.54, 1.807) is 0 Å².